The lowest BCUT2D eigenvalue weighted by atomic mass is 10.1. The third-order valence-corrected chi connectivity index (χ3v) is 3.53. The topological polar surface area (TPSA) is 97.4 Å². The highest BCUT2D eigenvalue weighted by Crippen LogP contribution is 2.15. The Morgan fingerprint density at radius 1 is 0.667 bits per heavy atom. The molecule has 0 aliphatic heterocycles. The summed E-state index contributed by atoms with van der Waals surface area (Å²) in [5, 5.41) is 0. The highest BCUT2D eigenvalue weighted by Gasteiger charge is 2.19. The first-order chi connectivity index (χ1) is 14.5. The summed E-state index contributed by atoms with van der Waals surface area (Å²) in [6.07, 6.45) is 5.46. The Kier molecular flexibility index (Phi) is 11.8. The van der Waals surface area contributed by atoms with Gasteiger partial charge in [-0.1, -0.05) is 19.2 Å². The van der Waals surface area contributed by atoms with E-state index in [2.05, 4.69) is 19.7 Å². The average molecular weight is 418 g/mol. The van der Waals surface area contributed by atoms with Crippen LogP contribution in [0.3, 0.4) is 0 Å². The van der Waals surface area contributed by atoms with Crippen molar-refractivity contribution in [2.24, 2.45) is 0 Å². The number of allylic oxidation sites excluding steroid dienone is 1. The molecular formula is C22H26O8. The van der Waals surface area contributed by atoms with E-state index in [0.717, 1.165) is 0 Å². The first kappa shape index (κ1) is 24.5. The second kappa shape index (κ2) is 14.4. The van der Waals surface area contributed by atoms with Crippen LogP contribution in [0.5, 0.6) is 0 Å². The predicted molar refractivity (Wildman–Crippen MR) is 109 cm³/mol. The molecule has 0 heterocycles. The highest BCUT2D eigenvalue weighted by molar-refractivity contribution is 6.00. The van der Waals surface area contributed by atoms with E-state index in [1.165, 1.54) is 30.7 Å². The lowest BCUT2D eigenvalue weighted by Crippen LogP contribution is -2.15. The van der Waals surface area contributed by atoms with Crippen molar-refractivity contribution >= 4 is 17.9 Å². The molecule has 0 N–H and O–H groups in total. The lowest BCUT2D eigenvalue weighted by Gasteiger charge is -2.10. The molecule has 0 radical (unpaired) electrons. The number of unbranched alkanes of at least 4 members (excludes halogenated alkanes) is 1. The van der Waals surface area contributed by atoms with Crippen LogP contribution in [-0.2, 0) is 23.7 Å². The Balaban J connectivity index is 2.95. The first-order valence-corrected chi connectivity index (χ1v) is 9.25. The van der Waals surface area contributed by atoms with Crippen LogP contribution in [0.25, 0.3) is 0 Å². The van der Waals surface area contributed by atoms with Crippen LogP contribution in [0.4, 0.5) is 0 Å². The number of ether oxygens (including phenoxy) is 5. The smallest absolute Gasteiger partial charge is 0.338 e. The minimum atomic E-state index is -0.729. The van der Waals surface area contributed by atoms with Gasteiger partial charge in [0.05, 0.1) is 35.8 Å². The van der Waals surface area contributed by atoms with Crippen molar-refractivity contribution in [3.05, 3.63) is 73.2 Å². The zero-order valence-corrected chi connectivity index (χ0v) is 16.8. The van der Waals surface area contributed by atoms with E-state index in [4.69, 9.17) is 23.7 Å². The third-order valence-electron chi connectivity index (χ3n) is 3.53. The summed E-state index contributed by atoms with van der Waals surface area (Å²) >= 11 is 0. The number of rotatable bonds is 15. The van der Waals surface area contributed by atoms with Crippen molar-refractivity contribution in [2.45, 2.75) is 12.8 Å². The van der Waals surface area contributed by atoms with Gasteiger partial charge in [-0.3, -0.25) is 0 Å². The van der Waals surface area contributed by atoms with E-state index in [1.54, 1.807) is 6.08 Å². The van der Waals surface area contributed by atoms with E-state index in [-0.39, 0.29) is 49.7 Å². The summed E-state index contributed by atoms with van der Waals surface area (Å²) in [6, 6.07) is 3.87. The quantitative estimate of drug-likeness (QED) is 0.140. The highest BCUT2D eigenvalue weighted by atomic mass is 16.6. The maximum absolute atomic E-state index is 12.3. The van der Waals surface area contributed by atoms with Crippen molar-refractivity contribution < 1.29 is 38.1 Å². The van der Waals surface area contributed by atoms with Crippen LogP contribution < -0.4 is 0 Å². The molecule has 0 aromatic heterocycles. The summed E-state index contributed by atoms with van der Waals surface area (Å²) in [6.45, 7) is 10.7. The maximum Gasteiger partial charge on any atom is 0.338 e. The molecule has 0 atom stereocenters. The van der Waals surface area contributed by atoms with Crippen molar-refractivity contribution in [1.29, 1.82) is 0 Å². The molecule has 0 saturated heterocycles. The Hall–Kier alpha value is -3.55. The van der Waals surface area contributed by atoms with Crippen LogP contribution in [0.2, 0.25) is 0 Å². The van der Waals surface area contributed by atoms with Crippen molar-refractivity contribution in [3.63, 3.8) is 0 Å². The maximum atomic E-state index is 12.3. The second-order valence-corrected chi connectivity index (χ2v) is 5.71. The van der Waals surface area contributed by atoms with Crippen LogP contribution >= 0.6 is 0 Å². The molecule has 0 aliphatic rings. The van der Waals surface area contributed by atoms with Gasteiger partial charge in [-0.15, -0.1) is 6.58 Å². The molecule has 8 heteroatoms. The standard InChI is InChI=1S/C22H26O8/c1-4-7-8-9-28-20(23)17-14-18(21(24)29-12-10-26-5-2)16-19(15-17)22(25)30-13-11-27-6-3/h4-6,14-16H,1-3,7-13H2. The van der Waals surface area contributed by atoms with E-state index in [9.17, 15) is 14.4 Å². The molecule has 0 saturated carbocycles. The fourth-order valence-electron chi connectivity index (χ4n) is 2.16. The van der Waals surface area contributed by atoms with E-state index < -0.39 is 17.9 Å². The number of carbonyl (C=O) groups excluding carboxylic acids is 3. The molecular weight excluding hydrogens is 392 g/mol. The van der Waals surface area contributed by atoms with Gasteiger partial charge in [0.15, 0.2) is 0 Å². The lowest BCUT2D eigenvalue weighted by molar-refractivity contribution is 0.0417. The molecule has 0 aliphatic carbocycles. The Morgan fingerprint density at radius 3 is 1.43 bits per heavy atom. The fourth-order valence-corrected chi connectivity index (χ4v) is 2.16. The van der Waals surface area contributed by atoms with Gasteiger partial charge in [0, 0.05) is 0 Å². The zero-order valence-electron chi connectivity index (χ0n) is 16.8. The molecule has 30 heavy (non-hydrogen) atoms. The van der Waals surface area contributed by atoms with E-state index in [0.29, 0.717) is 12.8 Å². The number of carbonyl (C=O) groups is 3. The third kappa shape index (κ3) is 9.09. The van der Waals surface area contributed by atoms with Crippen LogP contribution in [0.15, 0.2) is 56.5 Å². The molecule has 1 aromatic carbocycles. The summed E-state index contributed by atoms with van der Waals surface area (Å²) in [5.41, 5.74) is 0.0339. The molecule has 0 unspecified atom stereocenters. The number of hydrogen-bond acceptors (Lipinski definition) is 8. The number of benzene rings is 1. The van der Waals surface area contributed by atoms with Gasteiger partial charge in [-0.25, -0.2) is 14.4 Å². The molecule has 0 amide bonds. The van der Waals surface area contributed by atoms with Crippen molar-refractivity contribution in [3.8, 4) is 0 Å². The van der Waals surface area contributed by atoms with Gasteiger partial charge in [0.2, 0.25) is 0 Å². The Labute approximate surface area is 175 Å². The Bertz CT molecular complexity index is 641. The molecule has 1 aromatic rings. The van der Waals surface area contributed by atoms with Gasteiger partial charge >= 0.3 is 17.9 Å². The van der Waals surface area contributed by atoms with Crippen LogP contribution in [0, 0.1) is 0 Å². The Morgan fingerprint density at radius 2 is 1.07 bits per heavy atom. The minimum Gasteiger partial charge on any atom is -0.498 e. The molecule has 0 fully saturated rings. The van der Waals surface area contributed by atoms with Gasteiger partial charge in [-0.2, -0.15) is 0 Å². The molecule has 1 rings (SSSR count). The summed E-state index contributed by atoms with van der Waals surface area (Å²) in [7, 11) is 0. The van der Waals surface area contributed by atoms with Crippen molar-refractivity contribution in [1.82, 2.24) is 0 Å². The largest absolute Gasteiger partial charge is 0.498 e. The van der Waals surface area contributed by atoms with Gasteiger partial charge in [-0.05, 0) is 31.0 Å². The number of esters is 3. The van der Waals surface area contributed by atoms with Gasteiger partial charge in [0.1, 0.15) is 26.4 Å². The molecule has 8 nitrogen and oxygen atoms in total. The summed E-state index contributed by atoms with van der Waals surface area (Å²) in [4.78, 5) is 37.0. The SMILES string of the molecule is C=CCCCOC(=O)c1cc(C(=O)OCCOC=C)cc(C(=O)OCCOC=C)c1. The van der Waals surface area contributed by atoms with E-state index >= 15 is 0 Å². The normalized spacial score (nSPS) is 9.73. The predicted octanol–water partition coefficient (Wildman–Crippen LogP) is 3.44. The summed E-state index contributed by atoms with van der Waals surface area (Å²) in [5.74, 6) is -2.13. The number of hydrogen-bond donors (Lipinski definition) is 0. The fraction of sp³-hybridized carbons (Fsp3) is 0.318. The van der Waals surface area contributed by atoms with Gasteiger partial charge in [0.25, 0.3) is 0 Å². The molecule has 162 valence electrons. The van der Waals surface area contributed by atoms with Gasteiger partial charge < -0.3 is 23.7 Å². The van der Waals surface area contributed by atoms with E-state index in [1.807, 2.05) is 0 Å². The average Bonchev–Trinajstić information content (AvgIpc) is 2.76. The summed E-state index contributed by atoms with van der Waals surface area (Å²) < 4.78 is 25.1. The molecule has 0 bridgehead atoms. The minimum absolute atomic E-state index is 0.00318. The van der Waals surface area contributed by atoms with Crippen molar-refractivity contribution in [2.75, 3.05) is 33.0 Å². The zero-order chi connectivity index (χ0) is 22.2. The monoisotopic (exact) mass is 418 g/mol. The van der Waals surface area contributed by atoms with Crippen LogP contribution in [-0.4, -0.2) is 50.9 Å². The first-order valence-electron chi connectivity index (χ1n) is 9.25. The molecule has 0 spiro atoms. The second-order valence-electron chi connectivity index (χ2n) is 5.71. The van der Waals surface area contributed by atoms with Crippen LogP contribution in [0.1, 0.15) is 43.9 Å².